The number of nitrogens with zero attached hydrogens (tertiary/aromatic N) is 1. The Kier molecular flexibility index (Phi) is 3.01. The first-order valence-electron chi connectivity index (χ1n) is 5.16. The zero-order chi connectivity index (χ0) is 11.5. The highest BCUT2D eigenvalue weighted by Gasteiger charge is 2.07. The molecule has 0 amide bonds. The number of hydrogen-bond acceptors (Lipinski definition) is 3. The number of benzene rings is 1. The number of fused-ring (bicyclic) bond motifs is 1. The molecule has 0 spiro atoms. The quantitative estimate of drug-likeness (QED) is 0.862. The molecule has 0 bridgehead atoms. The van der Waals surface area contributed by atoms with Crippen LogP contribution < -0.4 is 10.5 Å². The van der Waals surface area contributed by atoms with E-state index in [1.54, 1.807) is 12.1 Å². The smallest absolute Gasteiger partial charge is 0.130 e. The second-order valence-corrected chi connectivity index (χ2v) is 3.41. The van der Waals surface area contributed by atoms with Gasteiger partial charge in [0, 0.05) is 18.0 Å². The van der Waals surface area contributed by atoms with Crippen LogP contribution in [-0.2, 0) is 6.54 Å². The summed E-state index contributed by atoms with van der Waals surface area (Å²) in [5, 5.41) is 0.680. The van der Waals surface area contributed by atoms with E-state index >= 15 is 0 Å². The second kappa shape index (κ2) is 4.45. The number of pyridine rings is 1. The minimum absolute atomic E-state index is 0.296. The van der Waals surface area contributed by atoms with Gasteiger partial charge in [0.2, 0.25) is 0 Å². The fraction of sp³-hybridized carbons (Fsp3) is 0.250. The largest absolute Gasteiger partial charge is 0.493 e. The van der Waals surface area contributed by atoms with E-state index in [1.807, 2.05) is 6.92 Å². The Morgan fingerprint density at radius 3 is 2.88 bits per heavy atom. The molecular formula is C12H13FN2O. The van der Waals surface area contributed by atoms with E-state index in [0.717, 1.165) is 5.69 Å². The van der Waals surface area contributed by atoms with Gasteiger partial charge in [0.25, 0.3) is 0 Å². The maximum Gasteiger partial charge on any atom is 0.130 e. The van der Waals surface area contributed by atoms with Crippen LogP contribution in [0.1, 0.15) is 12.6 Å². The van der Waals surface area contributed by atoms with Crippen molar-refractivity contribution in [3.05, 3.63) is 35.8 Å². The summed E-state index contributed by atoms with van der Waals surface area (Å²) in [7, 11) is 0. The first kappa shape index (κ1) is 10.8. The van der Waals surface area contributed by atoms with Gasteiger partial charge in [-0.15, -0.1) is 0 Å². The van der Waals surface area contributed by atoms with Crippen LogP contribution in [0.5, 0.6) is 5.75 Å². The van der Waals surface area contributed by atoms with Crippen molar-refractivity contribution >= 4 is 10.9 Å². The topological polar surface area (TPSA) is 48.1 Å². The minimum atomic E-state index is -0.296. The summed E-state index contributed by atoms with van der Waals surface area (Å²) in [6.45, 7) is 2.75. The lowest BCUT2D eigenvalue weighted by atomic mass is 10.1. The van der Waals surface area contributed by atoms with Crippen LogP contribution in [0.2, 0.25) is 0 Å². The molecule has 0 aliphatic heterocycles. The van der Waals surface area contributed by atoms with E-state index < -0.39 is 0 Å². The molecule has 0 fully saturated rings. The Bertz CT molecular complexity index is 514. The van der Waals surface area contributed by atoms with E-state index in [0.29, 0.717) is 29.8 Å². The molecule has 16 heavy (non-hydrogen) atoms. The van der Waals surface area contributed by atoms with E-state index in [2.05, 4.69) is 4.98 Å². The van der Waals surface area contributed by atoms with Gasteiger partial charge in [-0.3, -0.25) is 4.98 Å². The van der Waals surface area contributed by atoms with Crippen molar-refractivity contribution in [2.24, 2.45) is 5.73 Å². The average molecular weight is 220 g/mol. The highest BCUT2D eigenvalue weighted by molar-refractivity contribution is 5.85. The van der Waals surface area contributed by atoms with E-state index in [-0.39, 0.29) is 5.82 Å². The van der Waals surface area contributed by atoms with Crippen LogP contribution in [0, 0.1) is 5.82 Å². The maximum atomic E-state index is 13.1. The number of hydrogen-bond donors (Lipinski definition) is 1. The highest BCUT2D eigenvalue weighted by Crippen LogP contribution is 2.26. The van der Waals surface area contributed by atoms with Crippen molar-refractivity contribution in [2.75, 3.05) is 6.61 Å². The number of nitrogens with two attached hydrogens (primary N) is 1. The Hall–Kier alpha value is -1.68. The van der Waals surface area contributed by atoms with Crippen LogP contribution in [0.3, 0.4) is 0 Å². The van der Waals surface area contributed by atoms with Crippen molar-refractivity contribution in [2.45, 2.75) is 13.5 Å². The summed E-state index contributed by atoms with van der Waals surface area (Å²) in [5.74, 6) is 0.336. The average Bonchev–Trinajstić information content (AvgIpc) is 2.30. The predicted molar refractivity (Wildman–Crippen MR) is 60.8 cm³/mol. The Labute approximate surface area is 93.0 Å². The number of ether oxygens (including phenoxy) is 1. The van der Waals surface area contributed by atoms with Gasteiger partial charge in [0.1, 0.15) is 11.6 Å². The van der Waals surface area contributed by atoms with Crippen molar-refractivity contribution in [1.82, 2.24) is 4.98 Å². The Morgan fingerprint density at radius 2 is 2.19 bits per heavy atom. The lowest BCUT2D eigenvalue weighted by molar-refractivity contribution is 0.343. The molecule has 0 aliphatic rings. The van der Waals surface area contributed by atoms with Crippen LogP contribution in [0.15, 0.2) is 24.3 Å². The molecule has 1 heterocycles. The number of rotatable bonds is 3. The van der Waals surface area contributed by atoms with E-state index in [1.165, 1.54) is 12.1 Å². The summed E-state index contributed by atoms with van der Waals surface area (Å²) in [6.07, 6.45) is 0. The molecule has 0 unspecified atom stereocenters. The maximum absolute atomic E-state index is 13.1. The first-order valence-corrected chi connectivity index (χ1v) is 5.16. The molecular weight excluding hydrogens is 207 g/mol. The summed E-state index contributed by atoms with van der Waals surface area (Å²) >= 11 is 0. The first-order chi connectivity index (χ1) is 7.74. The molecule has 0 atom stereocenters. The Morgan fingerprint density at radius 1 is 1.38 bits per heavy atom. The molecule has 84 valence electrons. The molecule has 0 saturated carbocycles. The zero-order valence-corrected chi connectivity index (χ0v) is 9.03. The minimum Gasteiger partial charge on any atom is -0.493 e. The van der Waals surface area contributed by atoms with E-state index in [4.69, 9.17) is 10.5 Å². The van der Waals surface area contributed by atoms with Crippen molar-refractivity contribution < 1.29 is 9.13 Å². The van der Waals surface area contributed by atoms with Gasteiger partial charge in [0.05, 0.1) is 17.8 Å². The molecule has 1 aromatic carbocycles. The van der Waals surface area contributed by atoms with Crippen molar-refractivity contribution in [3.63, 3.8) is 0 Å². The van der Waals surface area contributed by atoms with Gasteiger partial charge in [-0.1, -0.05) is 0 Å². The molecule has 0 radical (unpaired) electrons. The third-order valence-corrected chi connectivity index (χ3v) is 2.29. The molecule has 1 aromatic heterocycles. The lowest BCUT2D eigenvalue weighted by Crippen LogP contribution is -2.02. The van der Waals surface area contributed by atoms with Crippen molar-refractivity contribution in [3.8, 4) is 5.75 Å². The normalized spacial score (nSPS) is 10.7. The third-order valence-electron chi connectivity index (χ3n) is 2.29. The molecule has 2 rings (SSSR count). The molecule has 2 N–H and O–H groups in total. The van der Waals surface area contributed by atoms with Gasteiger partial charge in [0.15, 0.2) is 0 Å². The fourth-order valence-corrected chi connectivity index (χ4v) is 1.60. The standard InChI is InChI=1S/C12H13FN2O/c1-2-16-12-6-9(7-14)15-11-4-3-8(13)5-10(11)12/h3-6H,2,7,14H2,1H3. The van der Waals surface area contributed by atoms with E-state index in [9.17, 15) is 4.39 Å². The van der Waals surface area contributed by atoms with Crippen LogP contribution in [0.25, 0.3) is 10.9 Å². The molecule has 4 heteroatoms. The van der Waals surface area contributed by atoms with Crippen LogP contribution in [0.4, 0.5) is 4.39 Å². The molecule has 0 saturated heterocycles. The monoisotopic (exact) mass is 220 g/mol. The predicted octanol–water partition coefficient (Wildman–Crippen LogP) is 2.23. The summed E-state index contributed by atoms with van der Waals surface area (Å²) < 4.78 is 18.6. The summed E-state index contributed by atoms with van der Waals surface area (Å²) in [4.78, 5) is 4.31. The fourth-order valence-electron chi connectivity index (χ4n) is 1.60. The van der Waals surface area contributed by atoms with Gasteiger partial charge >= 0.3 is 0 Å². The van der Waals surface area contributed by atoms with Gasteiger partial charge < -0.3 is 10.5 Å². The van der Waals surface area contributed by atoms with Gasteiger partial charge in [-0.25, -0.2) is 4.39 Å². The third kappa shape index (κ3) is 1.97. The van der Waals surface area contributed by atoms with Gasteiger partial charge in [-0.05, 0) is 25.1 Å². The second-order valence-electron chi connectivity index (χ2n) is 3.41. The van der Waals surface area contributed by atoms with Crippen LogP contribution in [-0.4, -0.2) is 11.6 Å². The lowest BCUT2D eigenvalue weighted by Gasteiger charge is -2.09. The SMILES string of the molecule is CCOc1cc(CN)nc2ccc(F)cc12. The molecule has 3 nitrogen and oxygen atoms in total. The highest BCUT2D eigenvalue weighted by atomic mass is 19.1. The summed E-state index contributed by atoms with van der Waals surface area (Å²) in [6, 6.07) is 6.19. The number of halogens is 1. The number of aromatic nitrogens is 1. The Balaban J connectivity index is 2.66. The molecule has 0 aliphatic carbocycles. The molecule has 2 aromatic rings. The van der Waals surface area contributed by atoms with Crippen molar-refractivity contribution in [1.29, 1.82) is 0 Å². The van der Waals surface area contributed by atoms with Crippen LogP contribution >= 0.6 is 0 Å². The zero-order valence-electron chi connectivity index (χ0n) is 9.03. The summed E-state index contributed by atoms with van der Waals surface area (Å²) in [5.41, 5.74) is 6.98. The van der Waals surface area contributed by atoms with Gasteiger partial charge in [-0.2, -0.15) is 0 Å².